The van der Waals surface area contributed by atoms with Crippen molar-refractivity contribution in [2.75, 3.05) is 20.2 Å². The van der Waals surface area contributed by atoms with Gasteiger partial charge in [0.2, 0.25) is 0 Å². The molecule has 6 nitrogen and oxygen atoms in total. The SMILES string of the molecule is CN(C[C@@H]1CCCO1)C(=O)c1nn(-c2ccccc2C(F)(F)F)cc1O. The van der Waals surface area contributed by atoms with Gasteiger partial charge >= 0.3 is 6.18 Å². The van der Waals surface area contributed by atoms with E-state index in [1.165, 1.54) is 30.1 Å². The van der Waals surface area contributed by atoms with Crippen LogP contribution in [0.1, 0.15) is 28.9 Å². The third-order valence-corrected chi connectivity index (χ3v) is 4.20. The summed E-state index contributed by atoms with van der Waals surface area (Å²) in [5.41, 5.74) is -1.48. The van der Waals surface area contributed by atoms with E-state index in [2.05, 4.69) is 5.10 Å². The molecule has 1 fully saturated rings. The molecule has 1 aromatic carbocycles. The van der Waals surface area contributed by atoms with Gasteiger partial charge in [-0.15, -0.1) is 0 Å². The number of hydrogen-bond donors (Lipinski definition) is 1. The van der Waals surface area contributed by atoms with Gasteiger partial charge in [-0.05, 0) is 25.0 Å². The van der Waals surface area contributed by atoms with Crippen molar-refractivity contribution in [1.29, 1.82) is 0 Å². The monoisotopic (exact) mass is 369 g/mol. The molecule has 1 saturated heterocycles. The van der Waals surface area contributed by atoms with Crippen molar-refractivity contribution in [3.05, 3.63) is 41.7 Å². The second kappa shape index (κ2) is 6.99. The molecule has 0 bridgehead atoms. The number of rotatable bonds is 4. The van der Waals surface area contributed by atoms with E-state index in [0.29, 0.717) is 13.2 Å². The molecule has 1 atom stereocenters. The lowest BCUT2D eigenvalue weighted by Crippen LogP contribution is -2.34. The standard InChI is InChI=1S/C17H18F3N3O3/c1-22(9-11-5-4-8-26-11)16(25)15-14(24)10-23(21-15)13-7-3-2-6-12(13)17(18,19)20/h2-3,6-7,10-11,24H,4-5,8-9H2,1H3/t11-/m0/s1. The Hall–Kier alpha value is -2.55. The van der Waals surface area contributed by atoms with Crippen molar-refractivity contribution >= 4 is 5.91 Å². The van der Waals surface area contributed by atoms with Gasteiger partial charge in [0, 0.05) is 20.2 Å². The van der Waals surface area contributed by atoms with Gasteiger partial charge in [-0.2, -0.15) is 18.3 Å². The molecule has 0 radical (unpaired) electrons. The number of para-hydroxylation sites is 1. The molecule has 9 heteroatoms. The molecule has 1 N–H and O–H groups in total. The van der Waals surface area contributed by atoms with Crippen molar-refractivity contribution in [2.45, 2.75) is 25.1 Å². The van der Waals surface area contributed by atoms with Gasteiger partial charge in [-0.3, -0.25) is 4.79 Å². The highest BCUT2D eigenvalue weighted by atomic mass is 19.4. The number of benzene rings is 1. The third kappa shape index (κ3) is 3.67. The number of ether oxygens (including phenoxy) is 1. The van der Waals surface area contributed by atoms with Crippen LogP contribution in [0, 0.1) is 0 Å². The molecule has 0 unspecified atom stereocenters. The van der Waals surface area contributed by atoms with Crippen molar-refractivity contribution in [3.63, 3.8) is 0 Å². The van der Waals surface area contributed by atoms with Crippen LogP contribution >= 0.6 is 0 Å². The number of aromatic nitrogens is 2. The summed E-state index contributed by atoms with van der Waals surface area (Å²) in [7, 11) is 1.53. The summed E-state index contributed by atoms with van der Waals surface area (Å²) < 4.78 is 45.8. The molecule has 26 heavy (non-hydrogen) atoms. The number of nitrogens with zero attached hydrogens (tertiary/aromatic N) is 3. The van der Waals surface area contributed by atoms with Crippen molar-refractivity contribution in [2.24, 2.45) is 0 Å². The first-order chi connectivity index (χ1) is 12.3. The highest BCUT2D eigenvalue weighted by Crippen LogP contribution is 2.34. The number of alkyl halides is 3. The number of likely N-dealkylation sites (N-methyl/N-ethyl adjacent to an activating group) is 1. The summed E-state index contributed by atoms with van der Waals surface area (Å²) in [6.45, 7) is 0.963. The maximum Gasteiger partial charge on any atom is 0.418 e. The average molecular weight is 369 g/mol. The molecular weight excluding hydrogens is 351 g/mol. The summed E-state index contributed by atoms with van der Waals surface area (Å²) in [5, 5.41) is 13.9. The Morgan fingerprint density at radius 2 is 2.15 bits per heavy atom. The highest BCUT2D eigenvalue weighted by Gasteiger charge is 2.34. The maximum absolute atomic E-state index is 13.2. The molecule has 0 saturated carbocycles. The molecule has 2 aromatic rings. The topological polar surface area (TPSA) is 67.6 Å². The predicted molar refractivity (Wildman–Crippen MR) is 86.2 cm³/mol. The summed E-state index contributed by atoms with van der Waals surface area (Å²) in [6, 6.07) is 4.82. The summed E-state index contributed by atoms with van der Waals surface area (Å²) in [4.78, 5) is 13.8. The molecule has 0 spiro atoms. The number of carbonyl (C=O) groups is 1. The number of amides is 1. The smallest absolute Gasteiger partial charge is 0.418 e. The zero-order valence-electron chi connectivity index (χ0n) is 14.0. The molecule has 1 aliphatic heterocycles. The zero-order chi connectivity index (χ0) is 18.9. The maximum atomic E-state index is 13.2. The molecule has 3 rings (SSSR count). The van der Waals surface area contributed by atoms with Gasteiger partial charge in [-0.1, -0.05) is 12.1 Å². The van der Waals surface area contributed by atoms with Crippen LogP contribution in [0.4, 0.5) is 13.2 Å². The predicted octanol–water partition coefficient (Wildman–Crippen LogP) is 2.85. The minimum atomic E-state index is -4.58. The van der Waals surface area contributed by atoms with Crippen molar-refractivity contribution in [1.82, 2.24) is 14.7 Å². The summed E-state index contributed by atoms with van der Waals surface area (Å²) >= 11 is 0. The van der Waals surface area contributed by atoms with Gasteiger partial charge in [0.05, 0.1) is 23.6 Å². The number of carbonyl (C=O) groups excluding carboxylic acids is 1. The molecular formula is C17H18F3N3O3. The Morgan fingerprint density at radius 3 is 2.81 bits per heavy atom. The van der Waals surface area contributed by atoms with E-state index in [0.717, 1.165) is 29.8 Å². The van der Waals surface area contributed by atoms with Crippen LogP contribution in [0.2, 0.25) is 0 Å². The summed E-state index contributed by atoms with van der Waals surface area (Å²) in [6.07, 6.45) is -1.92. The minimum absolute atomic E-state index is 0.0841. The van der Waals surface area contributed by atoms with Crippen LogP contribution < -0.4 is 0 Å². The van der Waals surface area contributed by atoms with E-state index >= 15 is 0 Å². The van der Waals surface area contributed by atoms with Crippen LogP contribution in [0.3, 0.4) is 0 Å². The van der Waals surface area contributed by atoms with Crippen LogP contribution in [0.15, 0.2) is 30.5 Å². The first-order valence-corrected chi connectivity index (χ1v) is 8.09. The van der Waals surface area contributed by atoms with Gasteiger partial charge in [0.1, 0.15) is 0 Å². The third-order valence-electron chi connectivity index (χ3n) is 4.20. The Labute approximate surface area is 147 Å². The average Bonchev–Trinajstić information content (AvgIpc) is 3.23. The van der Waals surface area contributed by atoms with E-state index in [-0.39, 0.29) is 17.5 Å². The Kier molecular flexibility index (Phi) is 4.90. The van der Waals surface area contributed by atoms with E-state index in [9.17, 15) is 23.1 Å². The normalized spacial score (nSPS) is 17.5. The Balaban J connectivity index is 1.87. The van der Waals surface area contributed by atoms with E-state index in [1.807, 2.05) is 0 Å². The first kappa shape index (κ1) is 18.2. The highest BCUT2D eigenvalue weighted by molar-refractivity contribution is 5.94. The van der Waals surface area contributed by atoms with Gasteiger partial charge < -0.3 is 14.7 Å². The molecule has 1 aliphatic rings. The number of hydrogen-bond acceptors (Lipinski definition) is 4. The number of halogens is 3. The van der Waals surface area contributed by atoms with Crippen molar-refractivity contribution in [3.8, 4) is 11.4 Å². The van der Waals surface area contributed by atoms with Gasteiger partial charge in [0.25, 0.3) is 5.91 Å². The Bertz CT molecular complexity index is 798. The second-order valence-electron chi connectivity index (χ2n) is 6.14. The first-order valence-electron chi connectivity index (χ1n) is 8.09. The van der Waals surface area contributed by atoms with Gasteiger partial charge in [-0.25, -0.2) is 4.68 Å². The largest absolute Gasteiger partial charge is 0.504 e. The van der Waals surface area contributed by atoms with E-state index in [1.54, 1.807) is 0 Å². The van der Waals surface area contributed by atoms with Gasteiger partial charge in [0.15, 0.2) is 11.4 Å². The fraction of sp³-hybridized carbons (Fsp3) is 0.412. The van der Waals surface area contributed by atoms with Crippen LogP contribution in [0.5, 0.6) is 5.75 Å². The van der Waals surface area contributed by atoms with E-state index in [4.69, 9.17) is 4.74 Å². The molecule has 0 aliphatic carbocycles. The zero-order valence-corrected chi connectivity index (χ0v) is 14.0. The minimum Gasteiger partial charge on any atom is -0.504 e. The van der Waals surface area contributed by atoms with Crippen molar-refractivity contribution < 1.29 is 27.8 Å². The van der Waals surface area contributed by atoms with Crippen LogP contribution in [0.25, 0.3) is 5.69 Å². The quantitative estimate of drug-likeness (QED) is 0.900. The summed E-state index contributed by atoms with van der Waals surface area (Å²) in [5.74, 6) is -1.06. The Morgan fingerprint density at radius 1 is 1.42 bits per heavy atom. The van der Waals surface area contributed by atoms with E-state index < -0.39 is 23.4 Å². The molecule has 140 valence electrons. The lowest BCUT2D eigenvalue weighted by molar-refractivity contribution is -0.137. The van der Waals surface area contributed by atoms with Crippen LogP contribution in [-0.4, -0.2) is 52.0 Å². The fourth-order valence-corrected chi connectivity index (χ4v) is 2.91. The second-order valence-corrected chi connectivity index (χ2v) is 6.14. The lowest BCUT2D eigenvalue weighted by Gasteiger charge is -2.19. The molecule has 2 heterocycles. The molecule has 1 aromatic heterocycles. The fourth-order valence-electron chi connectivity index (χ4n) is 2.91. The van der Waals surface area contributed by atoms with Crippen LogP contribution in [-0.2, 0) is 10.9 Å². The number of aromatic hydroxyl groups is 1. The lowest BCUT2D eigenvalue weighted by atomic mass is 10.2. The molecule has 1 amide bonds.